The summed E-state index contributed by atoms with van der Waals surface area (Å²) in [5.74, 6) is -0.562. The molecular weight excluding hydrogens is 294 g/mol. The molecule has 0 atom stereocenters. The largest absolute Gasteiger partial charge is 0.292 e. The van der Waals surface area contributed by atoms with E-state index < -0.39 is 0 Å². The number of halogens is 2. The van der Waals surface area contributed by atoms with E-state index in [2.05, 4.69) is 6.33 Å². The number of fused-ring (bicyclic) bond motifs is 1. The monoisotopic (exact) mass is 306 g/mol. The first-order valence-corrected chi connectivity index (χ1v) is 7.19. The van der Waals surface area contributed by atoms with Crippen LogP contribution in [0.5, 0.6) is 0 Å². The minimum absolute atomic E-state index is 0.281. The molecule has 1 aromatic heterocycles. The van der Waals surface area contributed by atoms with Crippen molar-refractivity contribution in [2.24, 2.45) is 0 Å². The fourth-order valence-corrected chi connectivity index (χ4v) is 2.62. The standard InChI is InChI=1S/C19H12F2N2/c20-14-5-9-16(10-6-14)22-13-23(17-11-7-15(21)8-12-17)19-4-2-1-3-18(19)22/h1-12H. The molecule has 0 saturated heterocycles. The van der Waals surface area contributed by atoms with Gasteiger partial charge in [0.1, 0.15) is 11.6 Å². The van der Waals surface area contributed by atoms with E-state index in [0.29, 0.717) is 0 Å². The summed E-state index contributed by atoms with van der Waals surface area (Å²) in [4.78, 5) is 0. The molecule has 0 aliphatic rings. The zero-order valence-corrected chi connectivity index (χ0v) is 12.1. The van der Waals surface area contributed by atoms with E-state index in [4.69, 9.17) is 0 Å². The quantitative estimate of drug-likeness (QED) is 0.391. The first-order chi connectivity index (χ1) is 11.2. The van der Waals surface area contributed by atoms with Gasteiger partial charge in [-0.15, -0.1) is 0 Å². The topological polar surface area (TPSA) is 8.81 Å². The molecule has 0 N–H and O–H groups in total. The molecule has 3 aromatic carbocycles. The average molecular weight is 306 g/mol. The highest BCUT2D eigenvalue weighted by molar-refractivity contribution is 5.74. The van der Waals surface area contributed by atoms with Gasteiger partial charge in [0.15, 0.2) is 0 Å². The van der Waals surface area contributed by atoms with Crippen molar-refractivity contribution in [1.29, 1.82) is 0 Å². The van der Waals surface area contributed by atoms with E-state index >= 15 is 0 Å². The van der Waals surface area contributed by atoms with Crippen molar-refractivity contribution < 1.29 is 13.3 Å². The molecule has 4 rings (SSSR count). The van der Waals surface area contributed by atoms with Gasteiger partial charge < -0.3 is 0 Å². The van der Waals surface area contributed by atoms with Gasteiger partial charge in [0.2, 0.25) is 0 Å². The molecule has 0 aliphatic heterocycles. The number of rotatable bonds is 2. The summed E-state index contributed by atoms with van der Waals surface area (Å²) in [7, 11) is 0. The van der Waals surface area contributed by atoms with Gasteiger partial charge in [-0.2, -0.15) is 0 Å². The van der Waals surface area contributed by atoms with E-state index in [1.165, 1.54) is 24.3 Å². The van der Waals surface area contributed by atoms with Crippen molar-refractivity contribution in [3.63, 3.8) is 0 Å². The summed E-state index contributed by atoms with van der Waals surface area (Å²) in [6.07, 6.45) is 3.25. The number of benzene rings is 3. The van der Waals surface area contributed by atoms with Crippen LogP contribution in [0.4, 0.5) is 8.78 Å². The Labute approximate surface area is 131 Å². The highest BCUT2D eigenvalue weighted by Crippen LogP contribution is 2.18. The van der Waals surface area contributed by atoms with Crippen molar-refractivity contribution >= 4 is 11.0 Å². The minimum atomic E-state index is -0.281. The Morgan fingerprint density at radius 1 is 0.739 bits per heavy atom. The Kier molecular flexibility index (Phi) is 3.15. The maximum atomic E-state index is 13.2. The predicted octanol–water partition coefficient (Wildman–Crippen LogP) is 3.99. The highest BCUT2D eigenvalue weighted by atomic mass is 19.1. The molecule has 23 heavy (non-hydrogen) atoms. The second kappa shape index (κ2) is 5.32. The van der Waals surface area contributed by atoms with Crippen molar-refractivity contribution in [2.45, 2.75) is 0 Å². The summed E-state index contributed by atoms with van der Waals surface area (Å²) in [5.41, 5.74) is 3.48. The Bertz CT molecular complexity index is 891. The lowest BCUT2D eigenvalue weighted by Crippen LogP contribution is -2.29. The number of para-hydroxylation sites is 2. The normalized spacial score (nSPS) is 11.0. The maximum Gasteiger partial charge on any atom is 0.269 e. The molecule has 0 radical (unpaired) electrons. The van der Waals surface area contributed by atoms with Crippen LogP contribution in [0.15, 0.2) is 72.8 Å². The predicted molar refractivity (Wildman–Crippen MR) is 83.6 cm³/mol. The molecule has 4 aromatic rings. The molecule has 0 amide bonds. The zero-order chi connectivity index (χ0) is 15.8. The number of aromatic nitrogens is 2. The smallest absolute Gasteiger partial charge is 0.269 e. The molecule has 4 heteroatoms. The molecule has 0 spiro atoms. The lowest BCUT2D eigenvalue weighted by molar-refractivity contribution is -0.572. The van der Waals surface area contributed by atoms with Crippen LogP contribution >= 0.6 is 0 Å². The molecule has 0 fully saturated rings. The third-order valence-electron chi connectivity index (χ3n) is 3.73. The zero-order valence-electron chi connectivity index (χ0n) is 12.1. The van der Waals surface area contributed by atoms with E-state index in [1.807, 2.05) is 33.4 Å². The first kappa shape index (κ1) is 13.6. The molecule has 0 aliphatic carbocycles. The van der Waals surface area contributed by atoms with Gasteiger partial charge in [0, 0.05) is 0 Å². The van der Waals surface area contributed by atoms with Crippen molar-refractivity contribution in [3.05, 3.63) is 90.8 Å². The van der Waals surface area contributed by atoms with Gasteiger partial charge in [-0.3, -0.25) is 9.13 Å². The van der Waals surface area contributed by atoms with Crippen molar-refractivity contribution in [1.82, 2.24) is 4.57 Å². The van der Waals surface area contributed by atoms with Crippen LogP contribution in [-0.4, -0.2) is 4.57 Å². The van der Waals surface area contributed by atoms with Gasteiger partial charge in [0.05, 0.1) is 22.4 Å². The molecule has 0 unspecified atom stereocenters. The number of hydrogen-bond donors (Lipinski definition) is 0. The Hall–Kier alpha value is -3.01. The SMILES string of the molecule is Fc1ccc(-n2[c-][n+](-c3ccc(F)cc3)c3ccccc32)cc1. The van der Waals surface area contributed by atoms with Gasteiger partial charge in [0.25, 0.3) is 6.33 Å². The third kappa shape index (κ3) is 2.38. The fraction of sp³-hybridized carbons (Fsp3) is 0. The van der Waals surface area contributed by atoms with Crippen LogP contribution in [0.2, 0.25) is 0 Å². The number of hydrogen-bond acceptors (Lipinski definition) is 0. The van der Waals surface area contributed by atoms with Crippen molar-refractivity contribution in [3.8, 4) is 11.4 Å². The summed E-state index contributed by atoms with van der Waals surface area (Å²) < 4.78 is 30.0. The van der Waals surface area contributed by atoms with Crippen LogP contribution in [0.3, 0.4) is 0 Å². The van der Waals surface area contributed by atoms with Gasteiger partial charge in [-0.1, -0.05) is 24.3 Å². The lowest BCUT2D eigenvalue weighted by atomic mass is 10.2. The van der Waals surface area contributed by atoms with E-state index in [9.17, 15) is 8.78 Å². The van der Waals surface area contributed by atoms with E-state index in [1.54, 1.807) is 24.3 Å². The van der Waals surface area contributed by atoms with Gasteiger partial charge in [-0.05, 0) is 48.5 Å². The lowest BCUT2D eigenvalue weighted by Gasteiger charge is -2.02. The summed E-state index contributed by atoms with van der Waals surface area (Å²) in [5, 5.41) is 0. The minimum Gasteiger partial charge on any atom is -0.292 e. The second-order valence-electron chi connectivity index (χ2n) is 5.21. The second-order valence-corrected chi connectivity index (χ2v) is 5.21. The molecule has 112 valence electrons. The molecular formula is C19H12F2N2. The Morgan fingerprint density at radius 2 is 1.35 bits per heavy atom. The average Bonchev–Trinajstić information content (AvgIpc) is 2.96. The molecule has 0 bridgehead atoms. The Balaban J connectivity index is 1.96. The van der Waals surface area contributed by atoms with Crippen LogP contribution in [0, 0.1) is 18.0 Å². The first-order valence-electron chi connectivity index (χ1n) is 7.19. The van der Waals surface area contributed by atoms with Gasteiger partial charge in [-0.25, -0.2) is 8.78 Å². The van der Waals surface area contributed by atoms with E-state index in [0.717, 1.165) is 22.4 Å². The number of nitrogens with zero attached hydrogens (tertiary/aromatic N) is 2. The third-order valence-corrected chi connectivity index (χ3v) is 3.73. The van der Waals surface area contributed by atoms with Crippen LogP contribution < -0.4 is 4.57 Å². The van der Waals surface area contributed by atoms with Gasteiger partial charge >= 0.3 is 0 Å². The molecule has 1 heterocycles. The number of imidazole rings is 1. The summed E-state index contributed by atoms with van der Waals surface area (Å²) in [6, 6.07) is 20.3. The highest BCUT2D eigenvalue weighted by Gasteiger charge is 2.11. The maximum absolute atomic E-state index is 13.2. The Morgan fingerprint density at radius 3 is 2.04 bits per heavy atom. The fourth-order valence-electron chi connectivity index (χ4n) is 2.62. The molecule has 0 saturated carbocycles. The van der Waals surface area contributed by atoms with E-state index in [-0.39, 0.29) is 11.6 Å². The van der Waals surface area contributed by atoms with Crippen LogP contribution in [0.25, 0.3) is 22.4 Å². The van der Waals surface area contributed by atoms with Crippen LogP contribution in [-0.2, 0) is 0 Å². The summed E-state index contributed by atoms with van der Waals surface area (Å²) >= 11 is 0. The van der Waals surface area contributed by atoms with Crippen molar-refractivity contribution in [2.75, 3.05) is 0 Å². The van der Waals surface area contributed by atoms with Crippen LogP contribution in [0.1, 0.15) is 0 Å². The molecule has 2 nitrogen and oxygen atoms in total. The summed E-state index contributed by atoms with van der Waals surface area (Å²) in [6.45, 7) is 0.